The predicted octanol–water partition coefficient (Wildman–Crippen LogP) is 4.43. The Bertz CT molecular complexity index is 677. The first kappa shape index (κ1) is 22.0. The number of hydrogen-bond acceptors (Lipinski definition) is 5. The van der Waals surface area contributed by atoms with Gasteiger partial charge in [-0.15, -0.1) is 13.2 Å². The Morgan fingerprint density at radius 1 is 1.30 bits per heavy atom. The van der Waals surface area contributed by atoms with Crippen LogP contribution in [0.2, 0.25) is 0 Å². The molecule has 1 fully saturated rings. The van der Waals surface area contributed by atoms with Gasteiger partial charge in [-0.25, -0.2) is 4.79 Å². The normalized spacial score (nSPS) is 15.0. The molecule has 1 aliphatic heterocycles. The second-order valence-corrected chi connectivity index (χ2v) is 5.84. The average Bonchev–Trinajstić information content (AvgIpc) is 3.19. The number of nitrogens with one attached hydrogen (secondary N) is 1. The van der Waals surface area contributed by atoms with Crippen molar-refractivity contribution < 1.29 is 14.5 Å². The molecule has 1 aliphatic rings. The van der Waals surface area contributed by atoms with Crippen molar-refractivity contribution in [3.63, 3.8) is 0 Å². The Balaban J connectivity index is 0.00000176. The van der Waals surface area contributed by atoms with Crippen LogP contribution in [-0.4, -0.2) is 35.0 Å². The maximum absolute atomic E-state index is 11.9. The van der Waals surface area contributed by atoms with E-state index in [1.54, 1.807) is 0 Å². The lowest BCUT2D eigenvalue weighted by Crippen LogP contribution is -2.33. The van der Waals surface area contributed by atoms with Crippen LogP contribution in [0, 0.1) is 10.1 Å². The van der Waals surface area contributed by atoms with Crippen molar-refractivity contribution in [1.82, 2.24) is 10.2 Å². The van der Waals surface area contributed by atoms with Gasteiger partial charge in [0.05, 0.1) is 4.92 Å². The molecule has 0 aromatic heterocycles. The van der Waals surface area contributed by atoms with Gasteiger partial charge in [0.15, 0.2) is 0 Å². The van der Waals surface area contributed by atoms with Crippen LogP contribution in [0.15, 0.2) is 61.3 Å². The molecule has 7 nitrogen and oxygen atoms in total. The highest BCUT2D eigenvalue weighted by Crippen LogP contribution is 2.18. The second kappa shape index (κ2) is 11.5. The summed E-state index contributed by atoms with van der Waals surface area (Å²) < 4.78 is 5.12. The fourth-order valence-electron chi connectivity index (χ4n) is 2.61. The van der Waals surface area contributed by atoms with Crippen molar-refractivity contribution in [1.29, 1.82) is 0 Å². The molecule has 1 saturated heterocycles. The van der Waals surface area contributed by atoms with Gasteiger partial charge in [-0.05, 0) is 44.9 Å². The highest BCUT2D eigenvalue weighted by Gasteiger charge is 2.13. The monoisotopic (exact) mass is 373 g/mol. The van der Waals surface area contributed by atoms with Crippen LogP contribution in [0.25, 0.3) is 0 Å². The van der Waals surface area contributed by atoms with E-state index in [1.807, 2.05) is 26.0 Å². The lowest BCUT2D eigenvalue weighted by molar-refractivity contribution is -0.384. The number of likely N-dealkylation sites (tertiary alicyclic amines) is 1. The summed E-state index contributed by atoms with van der Waals surface area (Å²) in [6.45, 7) is 12.0. The van der Waals surface area contributed by atoms with E-state index in [-0.39, 0.29) is 17.5 Å². The number of carbonyl (C=O) groups excluding carboxylic acids is 1. The lowest BCUT2D eigenvalue weighted by atomic mass is 10.2. The van der Waals surface area contributed by atoms with Crippen molar-refractivity contribution in [2.24, 2.45) is 0 Å². The average molecular weight is 373 g/mol. The summed E-state index contributed by atoms with van der Waals surface area (Å²) in [6.07, 6.45) is 7.78. The zero-order valence-electron chi connectivity index (χ0n) is 15.9. The third-order valence-electron chi connectivity index (χ3n) is 3.93. The maximum Gasteiger partial charge on any atom is 0.413 e. The molecule has 7 heteroatoms. The van der Waals surface area contributed by atoms with Crippen molar-refractivity contribution in [3.05, 3.63) is 71.5 Å². The molecule has 0 spiro atoms. The van der Waals surface area contributed by atoms with E-state index in [0.717, 1.165) is 18.8 Å². The SMILES string of the molecule is C/C=C(\C=C/C(C)NC(=O)Oc1ccc([N+](=O)[O-])cc1)N1CCCC1.C=C. The Labute approximate surface area is 160 Å². The number of non-ortho nitro benzene ring substituents is 1. The molecule has 0 saturated carbocycles. The Hall–Kier alpha value is -3.09. The molecule has 146 valence electrons. The molecule has 1 aromatic rings. The minimum Gasteiger partial charge on any atom is -0.410 e. The molecule has 27 heavy (non-hydrogen) atoms. The van der Waals surface area contributed by atoms with Crippen LogP contribution in [0.5, 0.6) is 5.75 Å². The predicted molar refractivity (Wildman–Crippen MR) is 107 cm³/mol. The number of allylic oxidation sites excluding steroid dienone is 2. The van der Waals surface area contributed by atoms with Crippen LogP contribution in [0.4, 0.5) is 10.5 Å². The van der Waals surface area contributed by atoms with Crippen LogP contribution < -0.4 is 10.1 Å². The molecule has 1 unspecified atom stereocenters. The molecule has 1 amide bonds. The first-order chi connectivity index (χ1) is 13.0. The Morgan fingerprint density at radius 3 is 2.41 bits per heavy atom. The van der Waals surface area contributed by atoms with Crippen LogP contribution in [-0.2, 0) is 0 Å². The summed E-state index contributed by atoms with van der Waals surface area (Å²) in [5, 5.41) is 13.3. The minimum atomic E-state index is -0.603. The van der Waals surface area contributed by atoms with Crippen molar-refractivity contribution in [2.45, 2.75) is 32.7 Å². The van der Waals surface area contributed by atoms with E-state index in [0.29, 0.717) is 0 Å². The first-order valence-electron chi connectivity index (χ1n) is 8.82. The zero-order chi connectivity index (χ0) is 20.2. The summed E-state index contributed by atoms with van der Waals surface area (Å²) >= 11 is 0. The van der Waals surface area contributed by atoms with Gasteiger partial charge in [0.25, 0.3) is 5.69 Å². The molecule has 0 aliphatic carbocycles. The van der Waals surface area contributed by atoms with Gasteiger partial charge in [0.2, 0.25) is 0 Å². The Kier molecular flexibility index (Phi) is 9.36. The van der Waals surface area contributed by atoms with Gasteiger partial charge in [0, 0.05) is 37.0 Å². The molecule has 0 bridgehead atoms. The van der Waals surface area contributed by atoms with Crippen LogP contribution in [0.3, 0.4) is 0 Å². The maximum atomic E-state index is 11.9. The zero-order valence-corrected chi connectivity index (χ0v) is 15.9. The van der Waals surface area contributed by atoms with Crippen molar-refractivity contribution in [3.8, 4) is 5.75 Å². The van der Waals surface area contributed by atoms with E-state index in [9.17, 15) is 14.9 Å². The summed E-state index contributed by atoms with van der Waals surface area (Å²) in [4.78, 5) is 24.3. The molecule has 1 aromatic carbocycles. The molecule has 1 heterocycles. The number of benzene rings is 1. The van der Waals surface area contributed by atoms with Gasteiger partial charge in [-0.1, -0.05) is 12.2 Å². The van der Waals surface area contributed by atoms with Gasteiger partial charge < -0.3 is 15.0 Å². The van der Waals surface area contributed by atoms with Gasteiger partial charge >= 0.3 is 6.09 Å². The quantitative estimate of drug-likeness (QED) is 0.345. The highest BCUT2D eigenvalue weighted by atomic mass is 16.6. The Morgan fingerprint density at radius 2 is 1.89 bits per heavy atom. The summed E-state index contributed by atoms with van der Waals surface area (Å²) in [6, 6.07) is 5.16. The number of carbonyl (C=O) groups is 1. The molecule has 1 atom stereocenters. The first-order valence-corrected chi connectivity index (χ1v) is 8.82. The highest BCUT2D eigenvalue weighted by molar-refractivity contribution is 5.71. The second-order valence-electron chi connectivity index (χ2n) is 5.84. The molecular weight excluding hydrogens is 346 g/mol. The largest absolute Gasteiger partial charge is 0.413 e. The van der Waals surface area contributed by atoms with Gasteiger partial charge in [0.1, 0.15) is 5.75 Å². The topological polar surface area (TPSA) is 84.7 Å². The number of nitro benzene ring substituents is 1. The molecular formula is C20H27N3O4. The van der Waals surface area contributed by atoms with Gasteiger partial charge in [-0.3, -0.25) is 10.1 Å². The third kappa shape index (κ3) is 7.35. The lowest BCUT2D eigenvalue weighted by Gasteiger charge is -2.19. The number of amides is 1. The van der Waals surface area contributed by atoms with E-state index in [1.165, 1.54) is 37.1 Å². The van der Waals surface area contributed by atoms with Crippen molar-refractivity contribution in [2.75, 3.05) is 13.1 Å². The number of hydrogen-bond donors (Lipinski definition) is 1. The minimum absolute atomic E-state index is 0.0511. The fourth-order valence-corrected chi connectivity index (χ4v) is 2.61. The van der Waals surface area contributed by atoms with E-state index in [2.05, 4.69) is 29.5 Å². The number of ether oxygens (including phenoxy) is 1. The third-order valence-corrected chi connectivity index (χ3v) is 3.93. The van der Waals surface area contributed by atoms with E-state index in [4.69, 9.17) is 4.74 Å². The van der Waals surface area contributed by atoms with Gasteiger partial charge in [-0.2, -0.15) is 0 Å². The summed E-state index contributed by atoms with van der Waals surface area (Å²) in [5.74, 6) is 0.255. The number of nitro groups is 1. The molecule has 0 radical (unpaired) electrons. The van der Waals surface area contributed by atoms with E-state index >= 15 is 0 Å². The van der Waals surface area contributed by atoms with Crippen molar-refractivity contribution >= 4 is 11.8 Å². The van der Waals surface area contributed by atoms with Crippen LogP contribution >= 0.6 is 0 Å². The standard InChI is InChI=1S/C18H23N3O4.C2H4/c1-3-15(20-12-4-5-13-20)7-6-14(2)19-18(22)25-17-10-8-16(9-11-17)21(23)24;1-2/h3,6-11,14H,4-5,12-13H2,1-2H3,(H,19,22);1-2H2/b7-6-,15-3+;. The fraction of sp³-hybridized carbons (Fsp3) is 0.350. The summed E-state index contributed by atoms with van der Waals surface area (Å²) in [5.41, 5.74) is 1.10. The van der Waals surface area contributed by atoms with Crippen LogP contribution in [0.1, 0.15) is 26.7 Å². The smallest absolute Gasteiger partial charge is 0.410 e. The number of rotatable bonds is 6. The molecule has 1 N–H and O–H groups in total. The van der Waals surface area contributed by atoms with E-state index < -0.39 is 11.0 Å². The molecule has 2 rings (SSSR count). The summed E-state index contributed by atoms with van der Waals surface area (Å²) in [7, 11) is 0. The number of nitrogens with zero attached hydrogens (tertiary/aromatic N) is 2.